The fraction of sp³-hybridized carbons (Fsp3) is 0.174. The van der Waals surface area contributed by atoms with Gasteiger partial charge in [-0.2, -0.15) is 0 Å². The van der Waals surface area contributed by atoms with Crippen LogP contribution in [0.1, 0.15) is 11.1 Å². The van der Waals surface area contributed by atoms with Crippen molar-refractivity contribution < 1.29 is 9.53 Å². The Morgan fingerprint density at radius 3 is 2.67 bits per heavy atom. The van der Waals surface area contributed by atoms with Gasteiger partial charge >= 0.3 is 0 Å². The van der Waals surface area contributed by atoms with E-state index in [-0.39, 0.29) is 5.91 Å². The average molecular weight is 436 g/mol. The summed E-state index contributed by atoms with van der Waals surface area (Å²) in [4.78, 5) is 23.9. The third-order valence-corrected chi connectivity index (χ3v) is 6.56. The smallest absolute Gasteiger partial charge is 0.239 e. The highest BCUT2D eigenvalue weighted by molar-refractivity contribution is 7.99. The second-order valence-corrected chi connectivity index (χ2v) is 8.62. The predicted molar refractivity (Wildman–Crippen MR) is 124 cm³/mol. The number of carbonyl (C=O) groups excluding carboxylic acids is 1. The highest BCUT2D eigenvalue weighted by Crippen LogP contribution is 2.35. The van der Waals surface area contributed by atoms with Crippen LogP contribution >= 0.6 is 23.1 Å². The summed E-state index contributed by atoms with van der Waals surface area (Å²) >= 11 is 3.10. The van der Waals surface area contributed by atoms with E-state index in [0.29, 0.717) is 23.2 Å². The number of carbonyl (C=O) groups is 1. The van der Waals surface area contributed by atoms with Crippen molar-refractivity contribution in [2.45, 2.75) is 12.3 Å². The fourth-order valence-electron chi connectivity index (χ4n) is 3.04. The van der Waals surface area contributed by atoms with Crippen molar-refractivity contribution in [1.29, 1.82) is 0 Å². The van der Waals surface area contributed by atoms with Gasteiger partial charge in [0, 0.05) is 18.1 Å². The third-order valence-electron chi connectivity index (χ3n) is 4.52. The molecule has 7 heteroatoms. The van der Waals surface area contributed by atoms with Crippen LogP contribution in [0.5, 0.6) is 5.75 Å². The van der Waals surface area contributed by atoms with Gasteiger partial charge in [-0.3, -0.25) is 14.7 Å². The van der Waals surface area contributed by atoms with Gasteiger partial charge in [-0.25, -0.2) is 4.98 Å². The molecule has 0 saturated heterocycles. The minimum absolute atomic E-state index is 0.0257. The molecule has 0 aliphatic carbocycles. The minimum Gasteiger partial charge on any atom is -0.494 e. The summed E-state index contributed by atoms with van der Waals surface area (Å²) in [6, 6.07) is 19.8. The number of nitrogens with zero attached hydrogens (tertiary/aromatic N) is 3. The van der Waals surface area contributed by atoms with Gasteiger partial charge in [0.05, 0.1) is 24.1 Å². The third kappa shape index (κ3) is 4.80. The molecule has 0 saturated carbocycles. The lowest BCUT2D eigenvalue weighted by molar-refractivity contribution is -0.116. The van der Waals surface area contributed by atoms with Gasteiger partial charge in [-0.15, -0.1) is 11.8 Å². The summed E-state index contributed by atoms with van der Waals surface area (Å²) < 4.78 is 6.43. The maximum Gasteiger partial charge on any atom is 0.239 e. The van der Waals surface area contributed by atoms with Crippen molar-refractivity contribution in [3.63, 3.8) is 0 Å². The number of rotatable bonds is 8. The van der Waals surface area contributed by atoms with E-state index in [9.17, 15) is 4.79 Å². The molecular formula is C23H21N3O2S2. The van der Waals surface area contributed by atoms with Crippen molar-refractivity contribution in [2.24, 2.45) is 0 Å². The van der Waals surface area contributed by atoms with Crippen LogP contribution in [0.3, 0.4) is 0 Å². The molecule has 0 atom stereocenters. The van der Waals surface area contributed by atoms with Gasteiger partial charge < -0.3 is 4.74 Å². The van der Waals surface area contributed by atoms with E-state index in [1.54, 1.807) is 36.2 Å². The molecule has 2 aromatic carbocycles. The van der Waals surface area contributed by atoms with Gasteiger partial charge in [0.15, 0.2) is 5.13 Å². The SMILES string of the molecule is COc1cccc2sc(N(Cc3cccnc3)C(=O)CSCc3ccccc3)nc12. The van der Waals surface area contributed by atoms with Crippen molar-refractivity contribution in [2.75, 3.05) is 17.8 Å². The summed E-state index contributed by atoms with van der Waals surface area (Å²) in [5.41, 5.74) is 2.95. The first kappa shape index (κ1) is 20.4. The molecule has 0 spiro atoms. The molecule has 152 valence electrons. The number of hydrogen-bond acceptors (Lipinski definition) is 6. The second kappa shape index (κ2) is 9.73. The van der Waals surface area contributed by atoms with Gasteiger partial charge in [-0.1, -0.05) is 53.8 Å². The normalized spacial score (nSPS) is 10.8. The molecule has 5 nitrogen and oxygen atoms in total. The number of amides is 1. The number of aromatic nitrogens is 2. The lowest BCUT2D eigenvalue weighted by Gasteiger charge is -2.19. The molecule has 30 heavy (non-hydrogen) atoms. The molecule has 4 aromatic rings. The minimum atomic E-state index is 0.0257. The molecule has 0 radical (unpaired) electrons. The first-order valence-corrected chi connectivity index (χ1v) is 11.5. The van der Waals surface area contributed by atoms with Crippen LogP contribution in [0.2, 0.25) is 0 Å². The molecule has 0 N–H and O–H groups in total. The number of pyridine rings is 1. The Morgan fingerprint density at radius 2 is 1.90 bits per heavy atom. The number of methoxy groups -OCH3 is 1. The van der Waals surface area contributed by atoms with E-state index in [2.05, 4.69) is 17.1 Å². The first-order chi connectivity index (χ1) is 14.7. The summed E-state index contributed by atoms with van der Waals surface area (Å²) in [7, 11) is 1.63. The number of benzene rings is 2. The molecule has 0 fully saturated rings. The van der Waals surface area contributed by atoms with Crippen molar-refractivity contribution in [1.82, 2.24) is 9.97 Å². The zero-order chi connectivity index (χ0) is 20.8. The van der Waals surface area contributed by atoms with E-state index in [4.69, 9.17) is 9.72 Å². The lowest BCUT2D eigenvalue weighted by atomic mass is 10.2. The van der Waals surface area contributed by atoms with Crippen LogP contribution in [0.4, 0.5) is 5.13 Å². The van der Waals surface area contributed by atoms with Crippen LogP contribution in [0, 0.1) is 0 Å². The van der Waals surface area contributed by atoms with Crippen molar-refractivity contribution in [3.8, 4) is 5.75 Å². The summed E-state index contributed by atoms with van der Waals surface area (Å²) in [6.07, 6.45) is 3.51. The van der Waals surface area contributed by atoms with Crippen molar-refractivity contribution in [3.05, 3.63) is 84.2 Å². The monoisotopic (exact) mass is 435 g/mol. The van der Waals surface area contributed by atoms with Gasteiger partial charge in [-0.05, 0) is 29.3 Å². The number of fused-ring (bicyclic) bond motifs is 1. The Hall–Kier alpha value is -2.90. The second-order valence-electron chi connectivity index (χ2n) is 6.62. The Bertz CT molecular complexity index is 1120. The van der Waals surface area contributed by atoms with E-state index in [1.165, 1.54) is 16.9 Å². The molecule has 1 amide bonds. The zero-order valence-electron chi connectivity index (χ0n) is 16.5. The van der Waals surface area contributed by atoms with Crippen LogP contribution in [0.15, 0.2) is 73.1 Å². The molecule has 2 heterocycles. The van der Waals surface area contributed by atoms with E-state index in [0.717, 1.165) is 21.5 Å². The number of thioether (sulfide) groups is 1. The van der Waals surface area contributed by atoms with Gasteiger partial charge in [0.25, 0.3) is 0 Å². The molecule has 2 aromatic heterocycles. The van der Waals surface area contributed by atoms with E-state index < -0.39 is 0 Å². The first-order valence-electron chi connectivity index (χ1n) is 9.49. The zero-order valence-corrected chi connectivity index (χ0v) is 18.2. The number of thiazole rings is 1. The maximum absolute atomic E-state index is 13.2. The van der Waals surface area contributed by atoms with Crippen LogP contribution in [0.25, 0.3) is 10.2 Å². The fourth-order valence-corrected chi connectivity index (χ4v) is 4.90. The standard InChI is InChI=1S/C23H21N3O2S2/c1-28-19-10-5-11-20-22(19)25-23(30-20)26(14-18-9-6-12-24-13-18)21(27)16-29-15-17-7-3-2-4-8-17/h2-13H,14-16H2,1H3. The topological polar surface area (TPSA) is 55.3 Å². The van der Waals surface area contributed by atoms with Crippen molar-refractivity contribution >= 4 is 44.4 Å². The lowest BCUT2D eigenvalue weighted by Crippen LogP contribution is -2.32. The quantitative estimate of drug-likeness (QED) is 0.382. The predicted octanol–water partition coefficient (Wildman–Crippen LogP) is 5.17. The highest BCUT2D eigenvalue weighted by atomic mass is 32.2. The largest absolute Gasteiger partial charge is 0.494 e. The van der Waals surface area contributed by atoms with E-state index in [1.807, 2.05) is 48.5 Å². The number of hydrogen-bond donors (Lipinski definition) is 0. The Labute approximate surface area is 183 Å². The Balaban J connectivity index is 1.57. The summed E-state index contributed by atoms with van der Waals surface area (Å²) in [5, 5.41) is 0.670. The van der Waals surface area contributed by atoms with Gasteiger partial charge in [0.1, 0.15) is 11.3 Å². The molecule has 0 aliphatic rings. The average Bonchev–Trinajstić information content (AvgIpc) is 3.23. The molecule has 0 bridgehead atoms. The maximum atomic E-state index is 13.2. The number of para-hydroxylation sites is 1. The molecule has 4 rings (SSSR count). The Kier molecular flexibility index (Phi) is 6.61. The van der Waals surface area contributed by atoms with Crippen LogP contribution in [-0.4, -0.2) is 28.7 Å². The molecule has 0 aliphatic heterocycles. The number of ether oxygens (including phenoxy) is 1. The summed E-state index contributed by atoms with van der Waals surface area (Å²) in [6.45, 7) is 0.431. The van der Waals surface area contributed by atoms with Gasteiger partial charge in [0.2, 0.25) is 5.91 Å². The highest BCUT2D eigenvalue weighted by Gasteiger charge is 2.21. The van der Waals surface area contributed by atoms with Crippen LogP contribution in [-0.2, 0) is 17.1 Å². The molecule has 0 unspecified atom stereocenters. The number of anilines is 1. The van der Waals surface area contributed by atoms with Crippen LogP contribution < -0.4 is 9.64 Å². The molecular weight excluding hydrogens is 414 g/mol. The Morgan fingerprint density at radius 1 is 1.07 bits per heavy atom. The van der Waals surface area contributed by atoms with E-state index >= 15 is 0 Å². The summed E-state index contributed by atoms with van der Waals surface area (Å²) in [5.74, 6) is 1.91.